The smallest absolute Gasteiger partial charge is 0.350 e. The van der Waals surface area contributed by atoms with E-state index in [1.807, 2.05) is 4.08 Å². The molecule has 4 rings (SSSR count). The van der Waals surface area contributed by atoms with E-state index in [-0.39, 0.29) is 11.8 Å². The van der Waals surface area contributed by atoms with E-state index in [1.54, 1.807) is 16.7 Å². The lowest BCUT2D eigenvalue weighted by Crippen LogP contribution is -2.22. The van der Waals surface area contributed by atoms with Crippen molar-refractivity contribution in [3.8, 4) is 0 Å². The van der Waals surface area contributed by atoms with Crippen molar-refractivity contribution in [2.45, 2.75) is 6.42 Å². The fraction of sp³-hybridized carbons (Fsp3) is 0.154. The molecule has 2 aromatic rings. The molecule has 0 aliphatic carbocycles. The fourth-order valence-corrected chi connectivity index (χ4v) is 4.02. The number of nitrogen functional groups attached to an aromatic ring is 1. The number of anilines is 2. The average molecular weight is 410 g/mol. The molecule has 0 unspecified atom stereocenters. The van der Waals surface area contributed by atoms with Crippen molar-refractivity contribution in [3.05, 3.63) is 27.5 Å². The van der Waals surface area contributed by atoms with Gasteiger partial charge in [-0.05, 0) is 6.07 Å². The number of ketones is 1. The van der Waals surface area contributed by atoms with Crippen LogP contribution < -0.4 is 16.4 Å². The molecule has 8 nitrogen and oxygen atoms in total. The van der Waals surface area contributed by atoms with Gasteiger partial charge in [0.2, 0.25) is 5.95 Å². The molecule has 0 saturated heterocycles. The van der Waals surface area contributed by atoms with E-state index in [0.29, 0.717) is 41.6 Å². The molecule has 0 bridgehead atoms. The van der Waals surface area contributed by atoms with Crippen LogP contribution in [0, 0.1) is 0 Å². The number of rotatable bonds is 1. The standard InChI is InChI=1S/C13H11IN6O2/c15-12-17-3-1-7-9(6-5-14-19-13(22)18-6)10-8(21)2-4-16-11(10)20(7)12/h1,3,5,16H,2,4H2,(H2,15,17)(H,18,19,22). The van der Waals surface area contributed by atoms with Gasteiger partial charge >= 0.3 is 6.03 Å². The normalized spacial score (nSPS) is 17.4. The lowest BCUT2D eigenvalue weighted by molar-refractivity contribution is 0.0983. The molecule has 22 heavy (non-hydrogen) atoms. The van der Waals surface area contributed by atoms with Crippen LogP contribution in [0.1, 0.15) is 22.3 Å². The third-order valence-electron chi connectivity index (χ3n) is 3.59. The number of carbonyl (C=O) groups excluding carboxylic acids is 2. The minimum atomic E-state index is -0.703. The lowest BCUT2D eigenvalue weighted by atomic mass is 10.0. The molecule has 0 radical (unpaired) electrons. The Bertz CT molecular complexity index is 898. The monoisotopic (exact) mass is 410 g/mol. The van der Waals surface area contributed by atoms with Crippen LogP contribution in [0.4, 0.5) is 16.6 Å². The maximum Gasteiger partial charge on any atom is 0.350 e. The number of nitrogens with zero attached hydrogens (tertiary/aromatic N) is 3. The molecular weight excluding hydrogens is 399 g/mol. The zero-order valence-corrected chi connectivity index (χ0v) is 13.4. The van der Waals surface area contributed by atoms with Crippen LogP contribution in [0.3, 0.4) is 0 Å². The molecule has 0 fully saturated rings. The van der Waals surface area contributed by atoms with Gasteiger partial charge in [-0.15, -0.1) is 0 Å². The van der Waals surface area contributed by atoms with E-state index < -0.39 is 21.0 Å². The lowest BCUT2D eigenvalue weighted by Gasteiger charge is -2.16. The van der Waals surface area contributed by atoms with Crippen molar-refractivity contribution in [1.82, 2.24) is 14.7 Å². The number of hydrogen-bond acceptors (Lipinski definition) is 5. The van der Waals surface area contributed by atoms with E-state index >= 15 is 0 Å². The van der Waals surface area contributed by atoms with Crippen molar-refractivity contribution < 1.29 is 9.59 Å². The number of fused-ring (bicyclic) bond motifs is 3. The molecule has 0 saturated carbocycles. The molecule has 0 atom stereocenters. The van der Waals surface area contributed by atoms with Crippen LogP contribution in [0.5, 0.6) is 0 Å². The zero-order valence-electron chi connectivity index (χ0n) is 11.3. The minimum Gasteiger partial charge on any atom is -0.370 e. The minimum absolute atomic E-state index is 0.0303. The van der Waals surface area contributed by atoms with Gasteiger partial charge in [0, 0.05) is 49.8 Å². The summed E-state index contributed by atoms with van der Waals surface area (Å²) in [5.41, 5.74) is 8.62. The van der Waals surface area contributed by atoms with Gasteiger partial charge in [0.1, 0.15) is 5.82 Å². The molecule has 0 spiro atoms. The third kappa shape index (κ3) is 1.85. The highest BCUT2D eigenvalue weighted by Gasteiger charge is 2.30. The molecule has 9 heteroatoms. The summed E-state index contributed by atoms with van der Waals surface area (Å²) >= 11 is -0.703. The van der Waals surface area contributed by atoms with Gasteiger partial charge < -0.3 is 16.4 Å². The van der Waals surface area contributed by atoms with Gasteiger partial charge in [0.15, 0.2) is 5.78 Å². The highest BCUT2D eigenvalue weighted by molar-refractivity contribution is 14.2. The van der Waals surface area contributed by atoms with E-state index in [0.717, 1.165) is 5.52 Å². The summed E-state index contributed by atoms with van der Waals surface area (Å²) in [6.07, 6.45) is 2.00. The molecule has 0 aromatic carbocycles. The third-order valence-corrected chi connectivity index (χ3v) is 5.21. The van der Waals surface area contributed by atoms with Crippen molar-refractivity contribution in [2.75, 3.05) is 17.6 Å². The molecule has 112 valence electrons. The van der Waals surface area contributed by atoms with Gasteiger partial charge in [-0.1, -0.05) is 0 Å². The maximum atomic E-state index is 12.4. The van der Waals surface area contributed by atoms with Crippen molar-refractivity contribution in [2.24, 2.45) is 3.15 Å². The number of carbonyl (C=O) groups is 2. The topological polar surface area (TPSA) is 114 Å². The number of nitrogens with one attached hydrogen (secondary N) is 2. The summed E-state index contributed by atoms with van der Waals surface area (Å²) in [5, 5.41) is 5.94. The van der Waals surface area contributed by atoms with Gasteiger partial charge in [-0.2, -0.15) is 3.15 Å². The molecule has 2 aliphatic rings. The summed E-state index contributed by atoms with van der Waals surface area (Å²) in [4.78, 5) is 28.1. The largest absolute Gasteiger partial charge is 0.370 e. The van der Waals surface area contributed by atoms with Gasteiger partial charge in [-0.25, -0.2) is 9.78 Å². The van der Waals surface area contributed by atoms with E-state index in [4.69, 9.17) is 5.73 Å². The summed E-state index contributed by atoms with van der Waals surface area (Å²) in [5.74, 6) is 0.967. The van der Waals surface area contributed by atoms with E-state index in [1.165, 1.54) is 0 Å². The summed E-state index contributed by atoms with van der Waals surface area (Å²) in [7, 11) is 0. The van der Waals surface area contributed by atoms with Gasteiger partial charge in [-0.3, -0.25) is 9.20 Å². The van der Waals surface area contributed by atoms with Crippen LogP contribution in [-0.2, 0) is 0 Å². The van der Waals surface area contributed by atoms with Crippen LogP contribution in [0.25, 0.3) is 11.2 Å². The highest BCUT2D eigenvalue weighted by atomic mass is 127. The second-order valence-corrected chi connectivity index (χ2v) is 6.52. The summed E-state index contributed by atoms with van der Waals surface area (Å²) in [6, 6.07) is 1.42. The number of halogens is 1. The van der Waals surface area contributed by atoms with E-state index in [2.05, 4.69) is 18.8 Å². The van der Waals surface area contributed by atoms with Gasteiger partial charge in [0.05, 0.1) is 16.8 Å². The Balaban J connectivity index is 2.10. The molecule has 2 aliphatic heterocycles. The van der Waals surface area contributed by atoms with Crippen LogP contribution in [0.15, 0.2) is 19.5 Å². The molecule has 4 heterocycles. The number of hydrogen-bond donors (Lipinski definition) is 3. The number of nitrogens with two attached hydrogens (primary N) is 1. The van der Waals surface area contributed by atoms with Crippen LogP contribution in [0.2, 0.25) is 0 Å². The van der Waals surface area contributed by atoms with Gasteiger partial charge in [0.25, 0.3) is 0 Å². The second kappa shape index (κ2) is 4.87. The first-order valence-corrected chi connectivity index (χ1v) is 8.79. The number of aromatic nitrogens is 2. The molecular formula is C13H11IN6O2. The zero-order chi connectivity index (χ0) is 15.3. The summed E-state index contributed by atoms with van der Waals surface area (Å²) in [6.45, 7) is 0.555. The quantitative estimate of drug-likeness (QED) is 0.623. The Hall–Kier alpha value is -2.30. The first-order valence-electron chi connectivity index (χ1n) is 6.58. The predicted octanol–water partition coefficient (Wildman–Crippen LogP) is 2.09. The van der Waals surface area contributed by atoms with Crippen molar-refractivity contribution in [1.29, 1.82) is 0 Å². The first-order chi connectivity index (χ1) is 10.7. The fourth-order valence-electron chi connectivity index (χ4n) is 2.76. The molecule has 4 N–H and O–H groups in total. The number of Topliss-reactive ketones (excluding diaryl/α,β-unsaturated/α-hetero) is 1. The van der Waals surface area contributed by atoms with E-state index in [9.17, 15) is 9.59 Å². The highest BCUT2D eigenvalue weighted by Crippen LogP contribution is 2.37. The van der Waals surface area contributed by atoms with Crippen molar-refractivity contribution in [3.63, 3.8) is 0 Å². The van der Waals surface area contributed by atoms with Crippen LogP contribution >= 0.6 is 21.0 Å². The Labute approximate surface area is 134 Å². The molecule has 2 amide bonds. The second-order valence-electron chi connectivity index (χ2n) is 4.86. The molecule has 2 aromatic heterocycles. The SMILES string of the molecule is Nc1nccc2c(C3=CI=NC(=O)N3)c3c(n12)NCCC3=O. The Morgan fingerprint density at radius 3 is 3.00 bits per heavy atom. The Morgan fingerprint density at radius 1 is 1.32 bits per heavy atom. The first kappa shape index (κ1) is 13.4. The number of amides is 2. The van der Waals surface area contributed by atoms with Crippen molar-refractivity contribution >= 4 is 55.8 Å². The van der Waals surface area contributed by atoms with Crippen LogP contribution in [-0.4, -0.2) is 27.7 Å². The predicted molar refractivity (Wildman–Crippen MR) is 90.0 cm³/mol. The average Bonchev–Trinajstić information content (AvgIpc) is 2.84. The maximum absolute atomic E-state index is 12.4. The summed E-state index contributed by atoms with van der Waals surface area (Å²) < 4.78 is 7.48. The Kier molecular flexibility index (Phi) is 2.96. The number of urea groups is 1. The Morgan fingerprint density at radius 2 is 2.18 bits per heavy atom.